The Morgan fingerprint density at radius 1 is 1.31 bits per heavy atom. The predicted molar refractivity (Wildman–Crippen MR) is 68.4 cm³/mol. The molecule has 16 heavy (non-hydrogen) atoms. The largest absolute Gasteiger partial charge is 0.258 e. The van der Waals surface area contributed by atoms with Crippen molar-refractivity contribution < 1.29 is 0 Å². The average Bonchev–Trinajstić information content (AvgIpc) is 2.80. The van der Waals surface area contributed by atoms with Crippen LogP contribution in [0.3, 0.4) is 0 Å². The van der Waals surface area contributed by atoms with Crippen molar-refractivity contribution in [2.75, 3.05) is 0 Å². The maximum Gasteiger partial charge on any atom is 0.215 e. The molecule has 2 aromatic heterocycles. The molecule has 1 aromatic carbocycles. The molecule has 0 bridgehead atoms. The van der Waals surface area contributed by atoms with E-state index in [2.05, 4.69) is 29.3 Å². The number of fused-ring (bicyclic) bond motifs is 1. The number of aryl methyl sites for hydroxylation is 1. The van der Waals surface area contributed by atoms with Gasteiger partial charge in [-0.05, 0) is 24.7 Å². The summed E-state index contributed by atoms with van der Waals surface area (Å²) in [6, 6.07) is 10.2. The molecule has 0 unspecified atom stereocenters. The Balaban J connectivity index is 2.42. The number of H-pyrrole nitrogens is 1. The fraction of sp³-hybridized carbons (Fsp3) is 0.0909. The summed E-state index contributed by atoms with van der Waals surface area (Å²) in [5.74, 6) is 0. The number of nitrogens with one attached hydrogen (secondary N) is 1. The van der Waals surface area contributed by atoms with E-state index in [4.69, 9.17) is 12.2 Å². The number of rotatable bonds is 1. The third-order valence-corrected chi connectivity index (χ3v) is 3.72. The van der Waals surface area contributed by atoms with Crippen molar-refractivity contribution in [3.63, 3.8) is 0 Å². The van der Waals surface area contributed by atoms with Crippen molar-refractivity contribution >= 4 is 28.5 Å². The van der Waals surface area contributed by atoms with Gasteiger partial charge < -0.3 is 0 Å². The van der Waals surface area contributed by atoms with Crippen molar-refractivity contribution in [1.29, 1.82) is 0 Å². The Morgan fingerprint density at radius 2 is 2.06 bits per heavy atom. The molecule has 5 heteroatoms. The van der Waals surface area contributed by atoms with E-state index in [-0.39, 0.29) is 0 Å². The lowest BCUT2D eigenvalue weighted by Gasteiger charge is -2.00. The molecule has 0 atom stereocenters. The second-order valence-electron chi connectivity index (χ2n) is 3.52. The molecule has 3 rings (SSSR count). The number of benzene rings is 1. The highest BCUT2D eigenvalue weighted by Gasteiger charge is 2.12. The van der Waals surface area contributed by atoms with Crippen LogP contribution in [0.25, 0.3) is 16.2 Å². The van der Waals surface area contributed by atoms with Gasteiger partial charge in [-0.3, -0.25) is 9.50 Å². The Hall–Kier alpha value is -1.46. The van der Waals surface area contributed by atoms with Crippen LogP contribution in [0.15, 0.2) is 30.3 Å². The molecule has 0 fully saturated rings. The standard InChI is InChI=1S/C11H9N3S2/c1-7-9(8-5-3-2-4-6-8)14-10(15)12-13-11(14)16-7/h2-6H,1H3,(H,12,15). The number of aromatic amines is 1. The fourth-order valence-electron chi connectivity index (χ4n) is 1.82. The zero-order valence-electron chi connectivity index (χ0n) is 8.60. The first kappa shape index (κ1) is 9.74. The van der Waals surface area contributed by atoms with Gasteiger partial charge in [0.2, 0.25) is 9.73 Å². The Labute approximate surface area is 101 Å². The molecule has 0 saturated heterocycles. The number of hydrogen-bond acceptors (Lipinski definition) is 3. The average molecular weight is 247 g/mol. The summed E-state index contributed by atoms with van der Waals surface area (Å²) in [6.45, 7) is 2.09. The molecule has 0 aliphatic rings. The van der Waals surface area contributed by atoms with E-state index in [9.17, 15) is 0 Å². The molecule has 0 spiro atoms. The van der Waals surface area contributed by atoms with Gasteiger partial charge in [-0.15, -0.1) is 5.10 Å². The van der Waals surface area contributed by atoms with Crippen molar-refractivity contribution in [2.24, 2.45) is 0 Å². The van der Waals surface area contributed by atoms with E-state index >= 15 is 0 Å². The lowest BCUT2D eigenvalue weighted by atomic mass is 10.1. The number of thiazole rings is 1. The summed E-state index contributed by atoms with van der Waals surface area (Å²) in [5.41, 5.74) is 2.31. The Kier molecular flexibility index (Phi) is 2.15. The van der Waals surface area contributed by atoms with Gasteiger partial charge in [-0.1, -0.05) is 41.7 Å². The van der Waals surface area contributed by atoms with Gasteiger partial charge in [0, 0.05) is 4.88 Å². The van der Waals surface area contributed by atoms with E-state index < -0.39 is 0 Å². The molecule has 0 saturated carbocycles. The van der Waals surface area contributed by atoms with Crippen LogP contribution in [0.5, 0.6) is 0 Å². The molecule has 3 aromatic rings. The van der Waals surface area contributed by atoms with Crippen molar-refractivity contribution in [3.05, 3.63) is 40.0 Å². The molecular formula is C11H9N3S2. The van der Waals surface area contributed by atoms with Gasteiger partial charge in [-0.25, -0.2) is 0 Å². The molecule has 1 N–H and O–H groups in total. The van der Waals surface area contributed by atoms with Gasteiger partial charge in [0.15, 0.2) is 0 Å². The fourth-order valence-corrected chi connectivity index (χ4v) is 3.05. The summed E-state index contributed by atoms with van der Waals surface area (Å²) in [6.07, 6.45) is 0. The van der Waals surface area contributed by atoms with Crippen LogP contribution >= 0.6 is 23.6 Å². The summed E-state index contributed by atoms with van der Waals surface area (Å²) in [4.78, 5) is 2.15. The minimum Gasteiger partial charge on any atom is -0.258 e. The van der Waals surface area contributed by atoms with Gasteiger partial charge in [0.05, 0.1) is 5.69 Å². The lowest BCUT2D eigenvalue weighted by molar-refractivity contribution is 1.07. The summed E-state index contributed by atoms with van der Waals surface area (Å²) >= 11 is 6.89. The Morgan fingerprint density at radius 3 is 2.81 bits per heavy atom. The van der Waals surface area contributed by atoms with E-state index in [1.165, 1.54) is 10.4 Å². The second kappa shape index (κ2) is 3.54. The zero-order chi connectivity index (χ0) is 11.1. The van der Waals surface area contributed by atoms with Crippen LogP contribution in [0, 0.1) is 11.7 Å². The van der Waals surface area contributed by atoms with Gasteiger partial charge >= 0.3 is 0 Å². The highest BCUT2D eigenvalue weighted by molar-refractivity contribution is 7.71. The van der Waals surface area contributed by atoms with E-state index in [0.29, 0.717) is 4.77 Å². The van der Waals surface area contributed by atoms with E-state index in [1.54, 1.807) is 11.3 Å². The van der Waals surface area contributed by atoms with Crippen LogP contribution in [-0.4, -0.2) is 14.6 Å². The topological polar surface area (TPSA) is 33.1 Å². The van der Waals surface area contributed by atoms with Crippen LogP contribution in [0.2, 0.25) is 0 Å². The minimum absolute atomic E-state index is 0.651. The first-order valence-corrected chi connectivity index (χ1v) is 6.12. The van der Waals surface area contributed by atoms with E-state index in [0.717, 1.165) is 10.7 Å². The predicted octanol–water partition coefficient (Wildman–Crippen LogP) is 3.43. The maximum atomic E-state index is 5.24. The quantitative estimate of drug-likeness (QED) is 0.668. The molecule has 2 heterocycles. The van der Waals surface area contributed by atoms with E-state index in [1.807, 2.05) is 22.6 Å². The first-order valence-electron chi connectivity index (χ1n) is 4.89. The van der Waals surface area contributed by atoms with Crippen LogP contribution in [0.1, 0.15) is 4.88 Å². The normalized spacial score (nSPS) is 11.1. The number of nitrogens with zero attached hydrogens (tertiary/aromatic N) is 2. The highest BCUT2D eigenvalue weighted by atomic mass is 32.1. The van der Waals surface area contributed by atoms with Crippen LogP contribution in [0.4, 0.5) is 0 Å². The third-order valence-electron chi connectivity index (χ3n) is 2.49. The molecular weight excluding hydrogens is 238 g/mol. The lowest BCUT2D eigenvalue weighted by Crippen LogP contribution is -1.87. The zero-order valence-corrected chi connectivity index (χ0v) is 10.2. The monoisotopic (exact) mass is 247 g/mol. The van der Waals surface area contributed by atoms with Gasteiger partial charge in [-0.2, -0.15) is 0 Å². The Bertz CT molecular complexity index is 691. The van der Waals surface area contributed by atoms with Crippen molar-refractivity contribution in [1.82, 2.24) is 14.6 Å². The van der Waals surface area contributed by atoms with Crippen LogP contribution < -0.4 is 0 Å². The summed E-state index contributed by atoms with van der Waals surface area (Å²) < 4.78 is 2.64. The third kappa shape index (κ3) is 1.32. The molecule has 3 nitrogen and oxygen atoms in total. The highest BCUT2D eigenvalue weighted by Crippen LogP contribution is 2.30. The molecule has 0 aliphatic carbocycles. The second-order valence-corrected chi connectivity index (χ2v) is 5.09. The minimum atomic E-state index is 0.651. The van der Waals surface area contributed by atoms with Crippen molar-refractivity contribution in [2.45, 2.75) is 6.92 Å². The summed E-state index contributed by atoms with van der Waals surface area (Å²) in [7, 11) is 0. The van der Waals surface area contributed by atoms with Gasteiger partial charge in [0.1, 0.15) is 0 Å². The van der Waals surface area contributed by atoms with Gasteiger partial charge in [0.25, 0.3) is 0 Å². The molecule has 80 valence electrons. The smallest absolute Gasteiger partial charge is 0.215 e. The summed E-state index contributed by atoms with van der Waals surface area (Å²) in [5, 5.41) is 7.01. The number of aromatic nitrogens is 3. The molecule has 0 radical (unpaired) electrons. The van der Waals surface area contributed by atoms with Crippen molar-refractivity contribution in [3.8, 4) is 11.3 Å². The maximum absolute atomic E-state index is 5.24. The van der Waals surface area contributed by atoms with Crippen LogP contribution in [-0.2, 0) is 0 Å². The number of hydrogen-bond donors (Lipinski definition) is 1. The molecule has 0 amide bonds. The molecule has 0 aliphatic heterocycles. The first-order chi connectivity index (χ1) is 7.77. The SMILES string of the molecule is Cc1sc2n[nH]c(=S)n2c1-c1ccccc1.